The molecule has 2 aromatic rings. The maximum atomic E-state index is 13.4. The molecule has 2 aromatic carbocycles. The van der Waals surface area contributed by atoms with Crippen molar-refractivity contribution in [1.29, 1.82) is 0 Å². The number of hydrogen-bond acceptors (Lipinski definition) is 4. The first-order valence-electron chi connectivity index (χ1n) is 10.7. The van der Waals surface area contributed by atoms with Gasteiger partial charge in [0.15, 0.2) is 0 Å². The van der Waals surface area contributed by atoms with Crippen LogP contribution in [0.1, 0.15) is 48.0 Å². The Morgan fingerprint density at radius 1 is 1.03 bits per heavy atom. The van der Waals surface area contributed by atoms with E-state index in [1.165, 1.54) is 17.0 Å². The normalized spacial score (nSPS) is 17.0. The first-order valence-corrected chi connectivity index (χ1v) is 11.4. The first kappa shape index (κ1) is 23.3. The number of aryl methyl sites for hydroxylation is 1. The van der Waals surface area contributed by atoms with Crippen molar-refractivity contribution >= 4 is 52.3 Å². The molecule has 1 saturated carbocycles. The number of carbonyl (C=O) groups is 3. The zero-order chi connectivity index (χ0) is 23.7. The summed E-state index contributed by atoms with van der Waals surface area (Å²) in [6.07, 6.45) is 4.58. The summed E-state index contributed by atoms with van der Waals surface area (Å²) < 4.78 is 13.4. The molecule has 6 nitrogen and oxygen atoms in total. The number of hydrogen-bond donors (Lipinski definition) is 2. The van der Waals surface area contributed by atoms with Crippen molar-refractivity contribution in [3.05, 3.63) is 69.1 Å². The Morgan fingerprint density at radius 3 is 2.45 bits per heavy atom. The van der Waals surface area contributed by atoms with Gasteiger partial charge < -0.3 is 10.6 Å². The van der Waals surface area contributed by atoms with Gasteiger partial charge in [0, 0.05) is 23.0 Å². The zero-order valence-corrected chi connectivity index (χ0v) is 19.4. The number of benzene rings is 2. The Bertz CT molecular complexity index is 1180. The third-order valence-electron chi connectivity index (χ3n) is 5.94. The fourth-order valence-corrected chi connectivity index (χ4v) is 4.51. The molecule has 0 aromatic heterocycles. The van der Waals surface area contributed by atoms with Gasteiger partial charge in [-0.3, -0.25) is 19.3 Å². The minimum absolute atomic E-state index is 0.0122. The van der Waals surface area contributed by atoms with Crippen LogP contribution < -0.4 is 10.6 Å². The lowest BCUT2D eigenvalue weighted by Crippen LogP contribution is -2.42. The predicted octanol–water partition coefficient (Wildman–Crippen LogP) is 5.60. The smallest absolute Gasteiger partial charge is 0.279 e. The van der Waals surface area contributed by atoms with Crippen LogP contribution in [0.25, 0.3) is 0 Å². The van der Waals surface area contributed by atoms with E-state index in [2.05, 4.69) is 10.6 Å². The minimum atomic E-state index is -0.584. The van der Waals surface area contributed by atoms with Crippen molar-refractivity contribution in [3.8, 4) is 0 Å². The first-order chi connectivity index (χ1) is 15.8. The summed E-state index contributed by atoms with van der Waals surface area (Å²) in [5.41, 5.74) is 1.87. The molecular weight excluding hydrogens is 468 g/mol. The van der Waals surface area contributed by atoms with Crippen LogP contribution in [0.5, 0.6) is 0 Å². The molecule has 9 heteroatoms. The second kappa shape index (κ2) is 9.53. The van der Waals surface area contributed by atoms with Crippen molar-refractivity contribution in [2.24, 2.45) is 0 Å². The van der Waals surface area contributed by atoms with Crippen LogP contribution in [0.4, 0.5) is 15.8 Å². The van der Waals surface area contributed by atoms with Gasteiger partial charge in [-0.15, -0.1) is 0 Å². The molecule has 0 radical (unpaired) electrons. The molecule has 1 fully saturated rings. The molecule has 2 aliphatic rings. The number of halogens is 3. The Hall–Kier alpha value is -2.90. The highest BCUT2D eigenvalue weighted by atomic mass is 35.5. The van der Waals surface area contributed by atoms with Crippen molar-refractivity contribution in [3.63, 3.8) is 0 Å². The summed E-state index contributed by atoms with van der Waals surface area (Å²) in [6, 6.07) is 8.63. The summed E-state index contributed by atoms with van der Waals surface area (Å²) in [5.74, 6) is -1.97. The maximum Gasteiger partial charge on any atom is 0.279 e. The number of rotatable bonds is 5. The van der Waals surface area contributed by atoms with Gasteiger partial charge in [-0.25, -0.2) is 4.39 Å². The standard InChI is InChI=1S/C24H22Cl2FN3O3/c1-13-7-8-14(22(31)28-15-9-10-18(27)17(25)12-15)11-19(13)29-21-20(26)23(32)30(24(21)33)16-5-3-2-4-6-16/h7-12,16,29H,2-6H2,1H3,(H,28,31). The number of nitrogens with one attached hydrogen (secondary N) is 2. The predicted molar refractivity (Wildman–Crippen MR) is 126 cm³/mol. The molecule has 172 valence electrons. The number of imide groups is 1. The minimum Gasteiger partial charge on any atom is -0.349 e. The van der Waals surface area contributed by atoms with Gasteiger partial charge in [-0.05, 0) is 55.7 Å². The second-order valence-corrected chi connectivity index (χ2v) is 8.98. The number of nitrogens with zero attached hydrogens (tertiary/aromatic N) is 1. The van der Waals surface area contributed by atoms with E-state index in [4.69, 9.17) is 23.2 Å². The lowest BCUT2D eigenvalue weighted by molar-refractivity contribution is -0.140. The number of amides is 3. The average Bonchev–Trinajstić information content (AvgIpc) is 3.01. The van der Waals surface area contributed by atoms with Gasteiger partial charge in [0.05, 0.1) is 5.02 Å². The highest BCUT2D eigenvalue weighted by molar-refractivity contribution is 6.48. The molecule has 33 heavy (non-hydrogen) atoms. The van der Waals surface area contributed by atoms with Crippen LogP contribution >= 0.6 is 23.2 Å². The molecule has 0 atom stereocenters. The average molecular weight is 490 g/mol. The highest BCUT2D eigenvalue weighted by Gasteiger charge is 2.42. The van der Waals surface area contributed by atoms with Crippen LogP contribution in [0.3, 0.4) is 0 Å². The largest absolute Gasteiger partial charge is 0.349 e. The fraction of sp³-hybridized carbons (Fsp3) is 0.292. The van der Waals surface area contributed by atoms with E-state index in [-0.39, 0.29) is 21.8 Å². The third-order valence-corrected chi connectivity index (χ3v) is 6.58. The highest BCUT2D eigenvalue weighted by Crippen LogP contribution is 2.33. The molecular formula is C24H22Cl2FN3O3. The summed E-state index contributed by atoms with van der Waals surface area (Å²) in [5, 5.41) is 5.37. The number of anilines is 2. The molecule has 3 amide bonds. The SMILES string of the molecule is Cc1ccc(C(=O)Nc2ccc(F)c(Cl)c2)cc1NC1=C(Cl)C(=O)N(C2CCCCC2)C1=O. The van der Waals surface area contributed by atoms with E-state index in [0.29, 0.717) is 16.9 Å². The van der Waals surface area contributed by atoms with Crippen molar-refractivity contribution < 1.29 is 18.8 Å². The Morgan fingerprint density at radius 2 is 1.76 bits per heavy atom. The van der Waals surface area contributed by atoms with Gasteiger partial charge in [0.1, 0.15) is 16.5 Å². The summed E-state index contributed by atoms with van der Waals surface area (Å²) in [7, 11) is 0. The summed E-state index contributed by atoms with van der Waals surface area (Å²) in [4.78, 5) is 39.7. The lowest BCUT2D eigenvalue weighted by Gasteiger charge is -2.29. The quantitative estimate of drug-likeness (QED) is 0.535. The second-order valence-electron chi connectivity index (χ2n) is 8.20. The molecule has 0 spiro atoms. The molecule has 1 aliphatic heterocycles. The maximum absolute atomic E-state index is 13.4. The van der Waals surface area contributed by atoms with E-state index < -0.39 is 23.5 Å². The van der Waals surface area contributed by atoms with Crippen molar-refractivity contribution in [2.45, 2.75) is 45.1 Å². The van der Waals surface area contributed by atoms with E-state index in [0.717, 1.165) is 43.7 Å². The van der Waals surface area contributed by atoms with Crippen LogP contribution in [-0.4, -0.2) is 28.7 Å². The van der Waals surface area contributed by atoms with Crippen molar-refractivity contribution in [1.82, 2.24) is 4.90 Å². The van der Waals surface area contributed by atoms with E-state index >= 15 is 0 Å². The van der Waals surface area contributed by atoms with E-state index in [1.54, 1.807) is 25.1 Å². The van der Waals surface area contributed by atoms with Crippen LogP contribution in [0, 0.1) is 12.7 Å². The van der Waals surface area contributed by atoms with Gasteiger partial charge in [-0.2, -0.15) is 0 Å². The van der Waals surface area contributed by atoms with Crippen LogP contribution in [0.15, 0.2) is 47.1 Å². The third kappa shape index (κ3) is 4.75. The molecule has 0 bridgehead atoms. The number of carbonyl (C=O) groups excluding carboxylic acids is 3. The van der Waals surface area contributed by atoms with Crippen LogP contribution in [0.2, 0.25) is 5.02 Å². The van der Waals surface area contributed by atoms with Crippen molar-refractivity contribution in [2.75, 3.05) is 10.6 Å². The fourth-order valence-electron chi connectivity index (χ4n) is 4.11. The van der Waals surface area contributed by atoms with Gasteiger partial charge in [-0.1, -0.05) is 48.5 Å². The topological polar surface area (TPSA) is 78.5 Å². The Labute approximate surface area is 200 Å². The zero-order valence-electron chi connectivity index (χ0n) is 17.9. The molecule has 1 aliphatic carbocycles. The lowest BCUT2D eigenvalue weighted by atomic mass is 9.94. The molecule has 4 rings (SSSR count). The van der Waals surface area contributed by atoms with Gasteiger partial charge >= 0.3 is 0 Å². The van der Waals surface area contributed by atoms with Gasteiger partial charge in [0.2, 0.25) is 0 Å². The van der Waals surface area contributed by atoms with E-state index in [1.807, 2.05) is 0 Å². The molecule has 1 heterocycles. The van der Waals surface area contributed by atoms with Gasteiger partial charge in [0.25, 0.3) is 17.7 Å². The van der Waals surface area contributed by atoms with Crippen LogP contribution in [-0.2, 0) is 9.59 Å². The molecule has 0 unspecified atom stereocenters. The monoisotopic (exact) mass is 489 g/mol. The summed E-state index contributed by atoms with van der Waals surface area (Å²) in [6.45, 7) is 1.80. The Kier molecular flexibility index (Phi) is 6.72. The molecule has 0 saturated heterocycles. The summed E-state index contributed by atoms with van der Waals surface area (Å²) >= 11 is 12.0. The van der Waals surface area contributed by atoms with E-state index in [9.17, 15) is 18.8 Å². The Balaban J connectivity index is 1.54. The molecule has 2 N–H and O–H groups in total.